The van der Waals surface area contributed by atoms with Crippen LogP contribution in [-0.4, -0.2) is 22.3 Å². The molecule has 0 unspecified atom stereocenters. The summed E-state index contributed by atoms with van der Waals surface area (Å²) in [5.41, 5.74) is 2.54. The Balaban J connectivity index is 1.93. The number of nitrogens with zero attached hydrogens (tertiary/aromatic N) is 1. The van der Waals surface area contributed by atoms with Gasteiger partial charge in [0.05, 0.1) is 12.8 Å². The van der Waals surface area contributed by atoms with E-state index in [4.69, 9.17) is 4.74 Å². The molecule has 106 valence electrons. The minimum Gasteiger partial charge on any atom is -0.504 e. The zero-order chi connectivity index (χ0) is 14.8. The minimum absolute atomic E-state index is 0.135. The number of methoxy groups -OCH3 is 1. The smallest absolute Gasteiger partial charge is 0.158 e. The third kappa shape index (κ3) is 2.68. The summed E-state index contributed by atoms with van der Waals surface area (Å²) in [4.78, 5) is 4.56. The van der Waals surface area contributed by atoms with E-state index in [0.717, 1.165) is 27.6 Å². The van der Waals surface area contributed by atoms with Crippen LogP contribution in [0.5, 0.6) is 17.2 Å². The molecule has 21 heavy (non-hydrogen) atoms. The van der Waals surface area contributed by atoms with Gasteiger partial charge in [-0.1, -0.05) is 0 Å². The number of rotatable bonds is 3. The number of aromatic hydroxyl groups is 2. The fraction of sp³-hybridized carbons (Fsp3) is 0.0625. The van der Waals surface area contributed by atoms with Gasteiger partial charge in [-0.25, -0.2) is 4.98 Å². The topological polar surface area (TPSA) is 62.6 Å². The quantitative estimate of drug-likeness (QED) is 0.720. The fourth-order valence-corrected chi connectivity index (χ4v) is 2.79. The van der Waals surface area contributed by atoms with Gasteiger partial charge in [0.1, 0.15) is 10.8 Å². The Labute approximate surface area is 125 Å². The summed E-state index contributed by atoms with van der Waals surface area (Å²) in [7, 11) is 1.63. The van der Waals surface area contributed by atoms with Crippen LogP contribution in [0.1, 0.15) is 0 Å². The maximum absolute atomic E-state index is 9.55. The van der Waals surface area contributed by atoms with Crippen LogP contribution in [0.25, 0.3) is 21.8 Å². The van der Waals surface area contributed by atoms with Crippen molar-refractivity contribution in [2.75, 3.05) is 7.11 Å². The molecule has 3 rings (SSSR count). The Hall–Kier alpha value is -2.53. The third-order valence-electron chi connectivity index (χ3n) is 3.11. The van der Waals surface area contributed by atoms with E-state index < -0.39 is 0 Å². The molecule has 0 aliphatic rings. The lowest BCUT2D eigenvalue weighted by molar-refractivity contribution is 0.404. The summed E-state index contributed by atoms with van der Waals surface area (Å²) < 4.78 is 5.14. The monoisotopic (exact) mass is 299 g/mol. The van der Waals surface area contributed by atoms with Gasteiger partial charge in [-0.15, -0.1) is 11.3 Å². The van der Waals surface area contributed by atoms with Gasteiger partial charge in [0.2, 0.25) is 0 Å². The van der Waals surface area contributed by atoms with Crippen LogP contribution in [-0.2, 0) is 0 Å². The number of aromatic nitrogens is 1. The average Bonchev–Trinajstić information content (AvgIpc) is 3.00. The van der Waals surface area contributed by atoms with Crippen molar-refractivity contribution >= 4 is 11.3 Å². The first-order valence-electron chi connectivity index (χ1n) is 6.29. The van der Waals surface area contributed by atoms with Crippen molar-refractivity contribution in [1.29, 1.82) is 0 Å². The SMILES string of the molecule is COc1ccc(-c2nc(-c3ccc(O)c(O)c3)cs2)cc1. The Kier molecular flexibility index (Phi) is 3.50. The maximum atomic E-state index is 9.55. The van der Waals surface area contributed by atoms with Crippen molar-refractivity contribution in [3.05, 3.63) is 47.8 Å². The highest BCUT2D eigenvalue weighted by Crippen LogP contribution is 2.33. The van der Waals surface area contributed by atoms with E-state index in [9.17, 15) is 10.2 Å². The second-order valence-corrected chi connectivity index (χ2v) is 5.33. The third-order valence-corrected chi connectivity index (χ3v) is 4.00. The molecule has 0 spiro atoms. The number of thiazole rings is 1. The molecule has 0 aliphatic heterocycles. The Morgan fingerprint density at radius 1 is 0.952 bits per heavy atom. The van der Waals surface area contributed by atoms with Gasteiger partial charge in [0, 0.05) is 16.5 Å². The Morgan fingerprint density at radius 3 is 2.33 bits per heavy atom. The van der Waals surface area contributed by atoms with Gasteiger partial charge in [0.15, 0.2) is 11.5 Å². The molecule has 0 amide bonds. The molecule has 1 heterocycles. The van der Waals surface area contributed by atoms with Crippen molar-refractivity contribution < 1.29 is 14.9 Å². The van der Waals surface area contributed by atoms with Crippen LogP contribution < -0.4 is 4.74 Å². The van der Waals surface area contributed by atoms with Crippen LogP contribution in [0.4, 0.5) is 0 Å². The van der Waals surface area contributed by atoms with Crippen LogP contribution in [0.15, 0.2) is 47.8 Å². The summed E-state index contributed by atoms with van der Waals surface area (Å²) in [5, 5.41) is 21.7. The molecule has 2 N–H and O–H groups in total. The van der Waals surface area contributed by atoms with E-state index in [1.807, 2.05) is 29.6 Å². The van der Waals surface area contributed by atoms with E-state index in [2.05, 4.69) is 4.98 Å². The summed E-state index contributed by atoms with van der Waals surface area (Å²) in [6, 6.07) is 12.4. The first kappa shape index (κ1) is 13.5. The molecule has 3 aromatic rings. The molecule has 4 nitrogen and oxygen atoms in total. The fourth-order valence-electron chi connectivity index (χ4n) is 1.96. The Morgan fingerprint density at radius 2 is 1.67 bits per heavy atom. The molecule has 0 bridgehead atoms. The lowest BCUT2D eigenvalue weighted by Gasteiger charge is -2.01. The van der Waals surface area contributed by atoms with Gasteiger partial charge < -0.3 is 14.9 Å². The van der Waals surface area contributed by atoms with Crippen molar-refractivity contribution in [3.8, 4) is 39.1 Å². The van der Waals surface area contributed by atoms with Gasteiger partial charge in [-0.05, 0) is 42.5 Å². The molecule has 0 fully saturated rings. The average molecular weight is 299 g/mol. The van der Waals surface area contributed by atoms with E-state index in [-0.39, 0.29) is 11.5 Å². The number of phenols is 2. The highest BCUT2D eigenvalue weighted by molar-refractivity contribution is 7.13. The number of phenolic OH excluding ortho intramolecular Hbond substituents is 2. The lowest BCUT2D eigenvalue weighted by Crippen LogP contribution is -1.83. The molecule has 0 radical (unpaired) electrons. The molecule has 5 heteroatoms. The molecule has 0 atom stereocenters. The summed E-state index contributed by atoms with van der Waals surface area (Å²) in [6.07, 6.45) is 0. The van der Waals surface area contributed by atoms with Crippen molar-refractivity contribution in [1.82, 2.24) is 4.98 Å². The van der Waals surface area contributed by atoms with Crippen LogP contribution in [0.3, 0.4) is 0 Å². The van der Waals surface area contributed by atoms with E-state index in [1.54, 1.807) is 13.2 Å². The number of ether oxygens (including phenoxy) is 1. The number of hydrogen-bond acceptors (Lipinski definition) is 5. The number of hydrogen-bond donors (Lipinski definition) is 2. The first-order valence-corrected chi connectivity index (χ1v) is 7.17. The van der Waals surface area contributed by atoms with Crippen molar-refractivity contribution in [3.63, 3.8) is 0 Å². The molecule has 0 saturated carbocycles. The molecule has 1 aromatic heterocycles. The zero-order valence-corrected chi connectivity index (χ0v) is 12.1. The van der Waals surface area contributed by atoms with Gasteiger partial charge in [-0.2, -0.15) is 0 Å². The second kappa shape index (κ2) is 5.46. The zero-order valence-electron chi connectivity index (χ0n) is 11.3. The second-order valence-electron chi connectivity index (χ2n) is 4.47. The number of benzene rings is 2. The van der Waals surface area contributed by atoms with Crippen molar-refractivity contribution in [2.24, 2.45) is 0 Å². The molecular formula is C16H13NO3S. The first-order chi connectivity index (χ1) is 10.2. The highest BCUT2D eigenvalue weighted by Gasteiger charge is 2.09. The van der Waals surface area contributed by atoms with Crippen molar-refractivity contribution in [2.45, 2.75) is 0 Å². The van der Waals surface area contributed by atoms with Gasteiger partial charge in [0.25, 0.3) is 0 Å². The van der Waals surface area contributed by atoms with Crippen LogP contribution >= 0.6 is 11.3 Å². The summed E-state index contributed by atoms with van der Waals surface area (Å²) >= 11 is 1.52. The molecule has 0 saturated heterocycles. The Bertz CT molecular complexity index is 765. The van der Waals surface area contributed by atoms with E-state index in [1.165, 1.54) is 23.5 Å². The van der Waals surface area contributed by atoms with Gasteiger partial charge in [-0.3, -0.25) is 0 Å². The minimum atomic E-state index is -0.147. The summed E-state index contributed by atoms with van der Waals surface area (Å²) in [5.74, 6) is 0.523. The highest BCUT2D eigenvalue weighted by atomic mass is 32.1. The van der Waals surface area contributed by atoms with Crippen LogP contribution in [0, 0.1) is 0 Å². The summed E-state index contributed by atoms with van der Waals surface area (Å²) in [6.45, 7) is 0. The standard InChI is InChI=1S/C16H13NO3S/c1-20-12-5-2-10(3-6-12)16-17-13(9-21-16)11-4-7-14(18)15(19)8-11/h2-9,18-19H,1H3. The predicted octanol–water partition coefficient (Wildman–Crippen LogP) is 3.90. The normalized spacial score (nSPS) is 10.5. The predicted molar refractivity (Wildman–Crippen MR) is 82.9 cm³/mol. The van der Waals surface area contributed by atoms with E-state index in [0.29, 0.717) is 0 Å². The lowest BCUT2D eigenvalue weighted by atomic mass is 10.1. The molecule has 2 aromatic carbocycles. The molecular weight excluding hydrogens is 286 g/mol. The van der Waals surface area contributed by atoms with Gasteiger partial charge >= 0.3 is 0 Å². The van der Waals surface area contributed by atoms with E-state index >= 15 is 0 Å². The largest absolute Gasteiger partial charge is 0.504 e. The maximum Gasteiger partial charge on any atom is 0.158 e. The molecule has 0 aliphatic carbocycles. The van der Waals surface area contributed by atoms with Crippen LogP contribution in [0.2, 0.25) is 0 Å².